The largest absolute Gasteiger partial charge is 0.481 e. The lowest BCUT2D eigenvalue weighted by Crippen LogP contribution is -1.96. The van der Waals surface area contributed by atoms with E-state index in [1.165, 1.54) is 35.0 Å². The molecule has 0 radical (unpaired) electrons. The molecule has 7 heteroatoms. The van der Waals surface area contributed by atoms with Crippen molar-refractivity contribution in [3.63, 3.8) is 0 Å². The Bertz CT molecular complexity index is 597. The second kappa shape index (κ2) is 5.97. The van der Waals surface area contributed by atoms with Crippen LogP contribution in [0.25, 0.3) is 10.8 Å². The summed E-state index contributed by atoms with van der Waals surface area (Å²) >= 11 is 3.01. The summed E-state index contributed by atoms with van der Waals surface area (Å²) in [6.07, 6.45) is 4.89. The topological polar surface area (TPSA) is 76.2 Å². The summed E-state index contributed by atoms with van der Waals surface area (Å²) in [6, 6.07) is 2.15. The summed E-state index contributed by atoms with van der Waals surface area (Å²) in [5, 5.41) is 17.0. The van der Waals surface area contributed by atoms with Gasteiger partial charge in [-0.05, 0) is 37.3 Å². The number of aromatic nitrogens is 2. The fourth-order valence-corrected chi connectivity index (χ4v) is 4.05. The number of thiophene rings is 1. The average Bonchev–Trinajstić information content (AvgIpc) is 3.03. The Morgan fingerprint density at radius 3 is 3.05 bits per heavy atom. The molecular formula is C13H14N2O3S2. The standard InChI is InChI=1S/C13H14N2O3S2/c16-11(17)5-6-19-13-15-14-12(18-13)10-7-8-3-1-2-4-9(8)20-10/h7H,1-6H2,(H,16,17). The molecule has 2 heterocycles. The number of aliphatic carboxylic acids is 1. The minimum Gasteiger partial charge on any atom is -0.481 e. The quantitative estimate of drug-likeness (QED) is 0.854. The molecule has 0 spiro atoms. The van der Waals surface area contributed by atoms with Crippen molar-refractivity contribution < 1.29 is 14.3 Å². The first-order valence-corrected chi connectivity index (χ1v) is 8.32. The molecule has 1 aliphatic rings. The number of aryl methyl sites for hydroxylation is 2. The van der Waals surface area contributed by atoms with Crippen molar-refractivity contribution in [3.05, 3.63) is 16.5 Å². The fraction of sp³-hybridized carbons (Fsp3) is 0.462. The highest BCUT2D eigenvalue weighted by Gasteiger charge is 2.17. The normalized spacial score (nSPS) is 14.2. The third-order valence-electron chi connectivity index (χ3n) is 3.16. The summed E-state index contributed by atoms with van der Waals surface area (Å²) < 4.78 is 5.59. The van der Waals surface area contributed by atoms with Crippen molar-refractivity contribution in [2.45, 2.75) is 37.3 Å². The zero-order chi connectivity index (χ0) is 13.9. The smallest absolute Gasteiger partial charge is 0.304 e. The van der Waals surface area contributed by atoms with Gasteiger partial charge in [-0.3, -0.25) is 4.79 Å². The summed E-state index contributed by atoms with van der Waals surface area (Å²) in [5.41, 5.74) is 1.41. The molecule has 0 aromatic carbocycles. The van der Waals surface area contributed by atoms with Crippen LogP contribution >= 0.6 is 23.1 Å². The molecule has 2 aromatic rings. The van der Waals surface area contributed by atoms with E-state index in [0.29, 0.717) is 16.9 Å². The van der Waals surface area contributed by atoms with Crippen molar-refractivity contribution in [2.75, 3.05) is 5.75 Å². The van der Waals surface area contributed by atoms with E-state index < -0.39 is 5.97 Å². The van der Waals surface area contributed by atoms with Gasteiger partial charge in [0.2, 0.25) is 0 Å². The lowest BCUT2D eigenvalue weighted by atomic mass is 9.99. The van der Waals surface area contributed by atoms with Gasteiger partial charge in [-0.1, -0.05) is 11.8 Å². The average molecular weight is 310 g/mol. The molecule has 106 valence electrons. The van der Waals surface area contributed by atoms with Crippen molar-refractivity contribution in [3.8, 4) is 10.8 Å². The molecule has 2 aromatic heterocycles. The molecule has 0 bridgehead atoms. The lowest BCUT2D eigenvalue weighted by molar-refractivity contribution is -0.136. The Morgan fingerprint density at radius 2 is 2.25 bits per heavy atom. The van der Waals surface area contributed by atoms with Crippen LogP contribution in [0.2, 0.25) is 0 Å². The minimum absolute atomic E-state index is 0.0929. The molecule has 0 atom stereocenters. The first-order valence-electron chi connectivity index (χ1n) is 6.52. The molecule has 3 rings (SSSR count). The molecule has 1 aliphatic carbocycles. The van der Waals surface area contributed by atoms with Crippen molar-refractivity contribution in [1.82, 2.24) is 10.2 Å². The van der Waals surface area contributed by atoms with Gasteiger partial charge in [0.1, 0.15) is 0 Å². The Balaban J connectivity index is 1.69. The predicted octanol–water partition coefficient (Wildman–Crippen LogP) is 3.24. The Hall–Kier alpha value is -1.34. The fourth-order valence-electron chi connectivity index (χ4n) is 2.19. The van der Waals surface area contributed by atoms with E-state index in [4.69, 9.17) is 9.52 Å². The minimum atomic E-state index is -0.817. The van der Waals surface area contributed by atoms with Gasteiger partial charge in [0.15, 0.2) is 0 Å². The Labute approximate surface area is 124 Å². The highest BCUT2D eigenvalue weighted by molar-refractivity contribution is 7.99. The van der Waals surface area contributed by atoms with E-state index in [9.17, 15) is 4.79 Å². The van der Waals surface area contributed by atoms with Crippen molar-refractivity contribution >= 4 is 29.1 Å². The molecule has 0 fully saturated rings. The number of carbonyl (C=O) groups is 1. The Morgan fingerprint density at radius 1 is 1.40 bits per heavy atom. The highest BCUT2D eigenvalue weighted by Crippen LogP contribution is 2.35. The molecular weight excluding hydrogens is 296 g/mol. The number of carboxylic acids is 1. The second-order valence-electron chi connectivity index (χ2n) is 4.63. The van der Waals surface area contributed by atoms with Gasteiger partial charge in [0, 0.05) is 10.6 Å². The van der Waals surface area contributed by atoms with Gasteiger partial charge in [-0.25, -0.2) is 0 Å². The monoisotopic (exact) mass is 310 g/mol. The number of fused-ring (bicyclic) bond motifs is 1. The first-order chi connectivity index (χ1) is 9.72. The van der Waals surface area contributed by atoms with E-state index in [0.717, 1.165) is 17.7 Å². The molecule has 0 aliphatic heterocycles. The SMILES string of the molecule is O=C(O)CCSc1nnc(-c2cc3c(s2)CCCC3)o1. The van der Waals surface area contributed by atoms with Crippen molar-refractivity contribution in [1.29, 1.82) is 0 Å². The van der Waals surface area contributed by atoms with Crippen LogP contribution in [0.15, 0.2) is 15.7 Å². The molecule has 5 nitrogen and oxygen atoms in total. The molecule has 0 unspecified atom stereocenters. The number of hydrogen-bond donors (Lipinski definition) is 1. The van der Waals surface area contributed by atoms with Gasteiger partial charge >= 0.3 is 5.97 Å². The zero-order valence-corrected chi connectivity index (χ0v) is 12.4. The summed E-state index contributed by atoms with van der Waals surface area (Å²) in [6.45, 7) is 0. The zero-order valence-electron chi connectivity index (χ0n) is 10.8. The third kappa shape index (κ3) is 3.04. The third-order valence-corrected chi connectivity index (χ3v) is 5.20. The first kappa shape index (κ1) is 13.6. The molecule has 0 amide bonds. The predicted molar refractivity (Wildman–Crippen MR) is 77.2 cm³/mol. The number of carboxylic acid groups (broad SMARTS) is 1. The van der Waals surface area contributed by atoms with Crippen LogP contribution in [0.5, 0.6) is 0 Å². The number of rotatable bonds is 5. The van der Waals surface area contributed by atoms with Crippen molar-refractivity contribution in [2.24, 2.45) is 0 Å². The van der Waals surface area contributed by atoms with Crippen LogP contribution < -0.4 is 0 Å². The maximum absolute atomic E-state index is 10.5. The van der Waals surface area contributed by atoms with Gasteiger partial charge in [-0.15, -0.1) is 21.5 Å². The summed E-state index contributed by atoms with van der Waals surface area (Å²) in [5.74, 6) is 0.170. The van der Waals surface area contributed by atoms with Gasteiger partial charge in [0.25, 0.3) is 11.1 Å². The van der Waals surface area contributed by atoms with E-state index in [2.05, 4.69) is 16.3 Å². The van der Waals surface area contributed by atoms with Crippen LogP contribution in [-0.2, 0) is 17.6 Å². The number of thioether (sulfide) groups is 1. The van der Waals surface area contributed by atoms with Crippen LogP contribution in [0.4, 0.5) is 0 Å². The second-order valence-corrected chi connectivity index (χ2v) is 6.81. The maximum Gasteiger partial charge on any atom is 0.304 e. The molecule has 0 saturated carbocycles. The van der Waals surface area contributed by atoms with E-state index in [1.54, 1.807) is 11.3 Å². The van der Waals surface area contributed by atoms with Crippen LogP contribution in [0.3, 0.4) is 0 Å². The van der Waals surface area contributed by atoms with Gasteiger partial charge in [0.05, 0.1) is 11.3 Å². The molecule has 20 heavy (non-hydrogen) atoms. The van der Waals surface area contributed by atoms with Crippen LogP contribution in [0.1, 0.15) is 29.7 Å². The van der Waals surface area contributed by atoms with Gasteiger partial charge < -0.3 is 9.52 Å². The van der Waals surface area contributed by atoms with Crippen LogP contribution in [0, 0.1) is 0 Å². The van der Waals surface area contributed by atoms with Crippen LogP contribution in [-0.4, -0.2) is 27.0 Å². The number of hydrogen-bond acceptors (Lipinski definition) is 6. The Kier molecular flexibility index (Phi) is 4.07. The summed E-state index contributed by atoms with van der Waals surface area (Å²) in [7, 11) is 0. The molecule has 0 saturated heterocycles. The number of nitrogens with zero attached hydrogens (tertiary/aromatic N) is 2. The lowest BCUT2D eigenvalue weighted by Gasteiger charge is -2.08. The van der Waals surface area contributed by atoms with E-state index >= 15 is 0 Å². The summed E-state index contributed by atoms with van der Waals surface area (Å²) in [4.78, 5) is 12.9. The molecule has 1 N–H and O–H groups in total. The van der Waals surface area contributed by atoms with E-state index in [1.807, 2.05) is 0 Å². The van der Waals surface area contributed by atoms with E-state index in [-0.39, 0.29) is 6.42 Å². The van der Waals surface area contributed by atoms with Gasteiger partial charge in [-0.2, -0.15) is 0 Å². The maximum atomic E-state index is 10.5. The highest BCUT2D eigenvalue weighted by atomic mass is 32.2.